The average Bonchev–Trinajstić information content (AvgIpc) is 2.67. The van der Waals surface area contributed by atoms with Crippen LogP contribution in [0, 0.1) is 0 Å². The fraction of sp³-hybridized carbons (Fsp3) is 0.667. The number of hydrogen-bond donors (Lipinski definition) is 2. The van der Waals surface area contributed by atoms with Crippen LogP contribution in [0.5, 0.6) is 0 Å². The Morgan fingerprint density at radius 3 is 2.45 bits per heavy atom. The molecular formula is C15H24ClN3O. The maximum Gasteiger partial charge on any atom is 0.129 e. The number of nitrogens with zero attached hydrogens (tertiary/aromatic N) is 2. The second-order valence-corrected chi connectivity index (χ2v) is 6.38. The highest BCUT2D eigenvalue weighted by atomic mass is 35.5. The zero-order valence-corrected chi connectivity index (χ0v) is 13.0. The van der Waals surface area contributed by atoms with Crippen LogP contribution in [0.25, 0.3) is 0 Å². The lowest BCUT2D eigenvalue weighted by Crippen LogP contribution is -2.49. The minimum absolute atomic E-state index is 0.281. The summed E-state index contributed by atoms with van der Waals surface area (Å²) in [4.78, 5) is 6.22. The third-order valence-electron chi connectivity index (χ3n) is 4.58. The maximum atomic E-state index is 11.0. The molecule has 0 aliphatic heterocycles. The van der Waals surface area contributed by atoms with Crippen LogP contribution in [0.3, 0.4) is 0 Å². The molecule has 1 aliphatic carbocycles. The largest absolute Gasteiger partial charge is 0.386 e. The molecule has 0 aromatic carbocycles. The number of aliphatic hydroxyl groups excluding tert-OH is 1. The van der Waals surface area contributed by atoms with E-state index >= 15 is 0 Å². The summed E-state index contributed by atoms with van der Waals surface area (Å²) in [5, 5.41) is 11.5. The average molecular weight is 298 g/mol. The third-order valence-corrected chi connectivity index (χ3v) is 4.79. The number of rotatable bonds is 3. The van der Waals surface area contributed by atoms with Gasteiger partial charge in [-0.05, 0) is 33.0 Å². The number of likely N-dealkylation sites (N-methyl/N-ethyl adjacent to an activating group) is 1. The Morgan fingerprint density at radius 1 is 1.30 bits per heavy atom. The maximum absolute atomic E-state index is 11.0. The van der Waals surface area contributed by atoms with Gasteiger partial charge in [0, 0.05) is 11.8 Å². The molecule has 1 aromatic rings. The summed E-state index contributed by atoms with van der Waals surface area (Å²) in [6.45, 7) is 0. The highest BCUT2D eigenvalue weighted by molar-refractivity contribution is 6.30. The number of nitrogens with two attached hydrogens (primary N) is 1. The molecule has 1 saturated carbocycles. The number of halogens is 1. The van der Waals surface area contributed by atoms with Crippen LogP contribution < -0.4 is 5.73 Å². The molecule has 1 heterocycles. The topological polar surface area (TPSA) is 62.4 Å². The van der Waals surface area contributed by atoms with Crippen molar-refractivity contribution in [2.75, 3.05) is 19.8 Å². The van der Waals surface area contributed by atoms with Crippen molar-refractivity contribution >= 4 is 17.4 Å². The normalized spacial score (nSPS) is 20.6. The Labute approximate surface area is 125 Å². The van der Waals surface area contributed by atoms with Gasteiger partial charge in [0.15, 0.2) is 0 Å². The summed E-state index contributed by atoms with van der Waals surface area (Å²) in [6, 6.07) is 1.74. The van der Waals surface area contributed by atoms with E-state index in [0.717, 1.165) is 25.7 Å². The zero-order valence-electron chi connectivity index (χ0n) is 12.3. The predicted molar refractivity (Wildman–Crippen MR) is 82.7 cm³/mol. The molecule has 3 N–H and O–H groups in total. The van der Waals surface area contributed by atoms with E-state index in [1.54, 1.807) is 6.07 Å². The molecule has 0 bridgehead atoms. The van der Waals surface area contributed by atoms with Crippen LogP contribution in [-0.4, -0.2) is 34.6 Å². The molecule has 0 amide bonds. The van der Waals surface area contributed by atoms with Crippen molar-refractivity contribution in [2.45, 2.75) is 50.2 Å². The molecule has 2 rings (SSSR count). The third kappa shape index (κ3) is 2.92. The van der Waals surface area contributed by atoms with Gasteiger partial charge < -0.3 is 15.7 Å². The molecule has 4 nitrogen and oxygen atoms in total. The van der Waals surface area contributed by atoms with Crippen molar-refractivity contribution in [3.8, 4) is 0 Å². The number of anilines is 1. The van der Waals surface area contributed by atoms with E-state index in [4.69, 9.17) is 17.3 Å². The molecule has 0 spiro atoms. The summed E-state index contributed by atoms with van der Waals surface area (Å²) >= 11 is 6.01. The molecule has 1 fully saturated rings. The lowest BCUT2D eigenvalue weighted by atomic mass is 9.80. The van der Waals surface area contributed by atoms with Crippen LogP contribution >= 0.6 is 11.6 Å². The van der Waals surface area contributed by atoms with Gasteiger partial charge in [-0.3, -0.25) is 0 Å². The first-order chi connectivity index (χ1) is 9.47. The second-order valence-electron chi connectivity index (χ2n) is 5.94. The predicted octanol–water partition coefficient (Wildman–Crippen LogP) is 3.01. The lowest BCUT2D eigenvalue weighted by molar-refractivity contribution is -0.0196. The Bertz CT molecular complexity index is 456. The molecule has 112 valence electrons. The molecule has 1 unspecified atom stereocenters. The smallest absolute Gasteiger partial charge is 0.129 e. The van der Waals surface area contributed by atoms with Crippen LogP contribution in [0.1, 0.15) is 50.2 Å². The van der Waals surface area contributed by atoms with Gasteiger partial charge in [0.25, 0.3) is 0 Å². The Balaban J connectivity index is 2.40. The van der Waals surface area contributed by atoms with Gasteiger partial charge in [0.1, 0.15) is 11.9 Å². The van der Waals surface area contributed by atoms with Gasteiger partial charge >= 0.3 is 0 Å². The number of nitrogen functional groups attached to an aromatic ring is 1. The molecule has 1 atom stereocenters. The van der Waals surface area contributed by atoms with Crippen LogP contribution in [0.4, 0.5) is 5.82 Å². The monoisotopic (exact) mass is 297 g/mol. The van der Waals surface area contributed by atoms with Crippen molar-refractivity contribution in [1.29, 1.82) is 0 Å². The highest BCUT2D eigenvalue weighted by Crippen LogP contribution is 2.42. The van der Waals surface area contributed by atoms with Crippen LogP contribution in [0.2, 0.25) is 5.02 Å². The Morgan fingerprint density at radius 2 is 1.90 bits per heavy atom. The molecule has 0 radical (unpaired) electrons. The van der Waals surface area contributed by atoms with E-state index in [0.29, 0.717) is 16.4 Å². The molecule has 5 heteroatoms. The fourth-order valence-corrected chi connectivity index (χ4v) is 3.45. The van der Waals surface area contributed by atoms with Gasteiger partial charge in [0.05, 0.1) is 10.6 Å². The minimum atomic E-state index is -0.665. The zero-order chi connectivity index (χ0) is 14.8. The molecule has 0 saturated heterocycles. The fourth-order valence-electron chi connectivity index (χ4n) is 3.28. The Kier molecular flexibility index (Phi) is 4.89. The number of aliphatic hydroxyl groups is 1. The quantitative estimate of drug-likeness (QED) is 0.842. The highest BCUT2D eigenvalue weighted by Gasteiger charge is 2.41. The van der Waals surface area contributed by atoms with E-state index in [2.05, 4.69) is 9.88 Å². The van der Waals surface area contributed by atoms with Gasteiger partial charge in [0.2, 0.25) is 0 Å². The van der Waals surface area contributed by atoms with E-state index < -0.39 is 6.10 Å². The first-order valence-electron chi connectivity index (χ1n) is 7.24. The Hall–Kier alpha value is -0.840. The molecule has 20 heavy (non-hydrogen) atoms. The number of hydrogen-bond acceptors (Lipinski definition) is 4. The van der Waals surface area contributed by atoms with Gasteiger partial charge in [-0.15, -0.1) is 0 Å². The summed E-state index contributed by atoms with van der Waals surface area (Å²) in [6.07, 6.45) is 7.49. The summed E-state index contributed by atoms with van der Waals surface area (Å²) in [7, 11) is 4.06. The minimum Gasteiger partial charge on any atom is -0.386 e. The van der Waals surface area contributed by atoms with Crippen molar-refractivity contribution in [3.63, 3.8) is 0 Å². The van der Waals surface area contributed by atoms with Gasteiger partial charge in [-0.1, -0.05) is 37.3 Å². The summed E-state index contributed by atoms with van der Waals surface area (Å²) < 4.78 is 0. The van der Waals surface area contributed by atoms with Crippen molar-refractivity contribution in [3.05, 3.63) is 22.8 Å². The van der Waals surface area contributed by atoms with Gasteiger partial charge in [-0.25, -0.2) is 4.98 Å². The van der Waals surface area contributed by atoms with Gasteiger partial charge in [-0.2, -0.15) is 0 Å². The second kappa shape index (κ2) is 6.29. The molecule has 1 aromatic heterocycles. The molecular weight excluding hydrogens is 274 g/mol. The summed E-state index contributed by atoms with van der Waals surface area (Å²) in [5.74, 6) is 0.368. The van der Waals surface area contributed by atoms with E-state index in [1.807, 2.05) is 14.1 Å². The van der Waals surface area contributed by atoms with E-state index in [-0.39, 0.29) is 5.54 Å². The van der Waals surface area contributed by atoms with Crippen LogP contribution in [0.15, 0.2) is 12.3 Å². The first kappa shape index (κ1) is 15.5. The standard InChI is InChI=1S/C15H24ClN3O/c1-19(2)15(7-5-3-4-6-8-15)13(20)12-9-11(16)10-18-14(12)17/h9-10,13,20H,3-8H2,1-2H3,(H2,17,18). The SMILES string of the molecule is CN(C)C1(C(O)c2cc(Cl)cnc2N)CCCCCC1. The number of pyridine rings is 1. The lowest BCUT2D eigenvalue weighted by Gasteiger charge is -2.43. The van der Waals surface area contributed by atoms with Crippen molar-refractivity contribution in [2.24, 2.45) is 0 Å². The van der Waals surface area contributed by atoms with Crippen molar-refractivity contribution < 1.29 is 5.11 Å². The van der Waals surface area contributed by atoms with Crippen LogP contribution in [-0.2, 0) is 0 Å². The van der Waals surface area contributed by atoms with Crippen molar-refractivity contribution in [1.82, 2.24) is 9.88 Å². The first-order valence-corrected chi connectivity index (χ1v) is 7.61. The summed E-state index contributed by atoms with van der Waals surface area (Å²) in [5.41, 5.74) is 6.31. The van der Waals surface area contributed by atoms with E-state index in [9.17, 15) is 5.11 Å². The number of aromatic nitrogens is 1. The molecule has 1 aliphatic rings. The van der Waals surface area contributed by atoms with E-state index in [1.165, 1.54) is 19.0 Å².